The van der Waals surface area contributed by atoms with Crippen molar-refractivity contribution in [2.75, 3.05) is 41.5 Å². The van der Waals surface area contributed by atoms with Gasteiger partial charge in [-0.25, -0.2) is 8.42 Å². The number of carbonyl (C=O) groups is 2. The Morgan fingerprint density at radius 2 is 1.50 bits per heavy atom. The van der Waals surface area contributed by atoms with Crippen LogP contribution in [-0.4, -0.2) is 71.0 Å². The van der Waals surface area contributed by atoms with Gasteiger partial charge in [0.1, 0.15) is 18.0 Å². The zero-order valence-electron chi connectivity index (χ0n) is 18.2. The minimum atomic E-state index is -3.94. The Hall–Kier alpha value is -2.82. The molecule has 0 spiro atoms. The number of methoxy groups -OCH3 is 3. The van der Waals surface area contributed by atoms with Crippen LogP contribution in [0.3, 0.4) is 0 Å². The topological polar surface area (TPSA) is 102 Å². The van der Waals surface area contributed by atoms with E-state index in [9.17, 15) is 18.0 Å². The van der Waals surface area contributed by atoms with E-state index in [1.54, 1.807) is 18.2 Å². The number of benzene rings is 2. The van der Waals surface area contributed by atoms with Gasteiger partial charge in [0.2, 0.25) is 15.9 Å². The minimum absolute atomic E-state index is 0.00532. The molecule has 1 amide bonds. The minimum Gasteiger partial charge on any atom is -0.497 e. The van der Waals surface area contributed by atoms with Crippen LogP contribution in [-0.2, 0) is 30.9 Å². The van der Waals surface area contributed by atoms with E-state index in [2.05, 4.69) is 4.74 Å². The van der Waals surface area contributed by atoms with Crippen molar-refractivity contribution in [2.45, 2.75) is 11.4 Å². The lowest BCUT2D eigenvalue weighted by Crippen LogP contribution is -2.43. The van der Waals surface area contributed by atoms with Crippen LogP contribution < -0.4 is 9.47 Å². The molecule has 0 saturated heterocycles. The summed E-state index contributed by atoms with van der Waals surface area (Å²) in [5, 5.41) is 0.389. The van der Waals surface area contributed by atoms with Crippen LogP contribution in [0.15, 0.2) is 47.4 Å². The lowest BCUT2D eigenvalue weighted by molar-refractivity contribution is -0.147. The Bertz CT molecular complexity index is 1040. The lowest BCUT2D eigenvalue weighted by atomic mass is 10.2. The Labute approximate surface area is 192 Å². The lowest BCUT2D eigenvalue weighted by Gasteiger charge is -2.25. The van der Waals surface area contributed by atoms with Gasteiger partial charge >= 0.3 is 5.97 Å². The molecule has 0 aliphatic rings. The monoisotopic (exact) mass is 484 g/mol. The van der Waals surface area contributed by atoms with Gasteiger partial charge in [-0.15, -0.1) is 0 Å². The summed E-state index contributed by atoms with van der Waals surface area (Å²) in [6.07, 6.45) is 0. The van der Waals surface area contributed by atoms with E-state index >= 15 is 0 Å². The molecule has 0 N–H and O–H groups in total. The summed E-state index contributed by atoms with van der Waals surface area (Å²) in [5.74, 6) is -0.215. The van der Waals surface area contributed by atoms with E-state index in [0.717, 1.165) is 4.31 Å². The predicted molar refractivity (Wildman–Crippen MR) is 118 cm³/mol. The van der Waals surface area contributed by atoms with Gasteiger partial charge in [0.15, 0.2) is 0 Å². The maximum atomic E-state index is 13.0. The molecule has 0 fully saturated rings. The fraction of sp³-hybridized carbons (Fsp3) is 0.333. The number of halogens is 1. The van der Waals surface area contributed by atoms with Crippen LogP contribution >= 0.6 is 11.6 Å². The molecule has 0 aliphatic heterocycles. The first-order valence-corrected chi connectivity index (χ1v) is 11.2. The van der Waals surface area contributed by atoms with E-state index in [4.69, 9.17) is 21.1 Å². The first-order chi connectivity index (χ1) is 15.1. The molecule has 32 heavy (non-hydrogen) atoms. The van der Waals surface area contributed by atoms with Gasteiger partial charge in [0.05, 0.1) is 32.8 Å². The highest BCUT2D eigenvalue weighted by molar-refractivity contribution is 7.89. The third-order valence-corrected chi connectivity index (χ3v) is 6.63. The Morgan fingerprint density at radius 1 is 0.938 bits per heavy atom. The molecule has 0 unspecified atom stereocenters. The number of hydrogen-bond acceptors (Lipinski definition) is 7. The summed E-state index contributed by atoms with van der Waals surface area (Å²) in [5.41, 5.74) is 0.627. The Morgan fingerprint density at radius 3 is 2.00 bits per heavy atom. The molecule has 0 radical (unpaired) electrons. The number of sulfonamides is 1. The van der Waals surface area contributed by atoms with Crippen LogP contribution in [0.25, 0.3) is 0 Å². The van der Waals surface area contributed by atoms with Crippen molar-refractivity contribution in [3.05, 3.63) is 53.1 Å². The first-order valence-electron chi connectivity index (χ1n) is 9.39. The van der Waals surface area contributed by atoms with Crippen LogP contribution in [0.4, 0.5) is 0 Å². The highest BCUT2D eigenvalue weighted by atomic mass is 35.5. The number of hydrogen-bond donors (Lipinski definition) is 0. The number of likely N-dealkylation sites (N-methyl/N-ethyl adjacent to an activating group) is 1. The van der Waals surface area contributed by atoms with E-state index in [1.165, 1.54) is 57.5 Å². The SMILES string of the molecule is COC(=O)CN(Cc1cc(OC)cc(OC)c1)C(=O)CN(C)S(=O)(=O)c1ccc(Cl)cc1. The zero-order valence-corrected chi connectivity index (χ0v) is 19.8. The average molecular weight is 485 g/mol. The molecule has 9 nitrogen and oxygen atoms in total. The van der Waals surface area contributed by atoms with Gasteiger partial charge in [-0.3, -0.25) is 9.59 Å². The largest absolute Gasteiger partial charge is 0.497 e. The van der Waals surface area contributed by atoms with Gasteiger partial charge in [0.25, 0.3) is 0 Å². The molecule has 0 aromatic heterocycles. The third-order valence-electron chi connectivity index (χ3n) is 4.56. The van der Waals surface area contributed by atoms with Crippen molar-refractivity contribution in [2.24, 2.45) is 0 Å². The van der Waals surface area contributed by atoms with E-state index in [0.29, 0.717) is 22.1 Å². The average Bonchev–Trinajstić information content (AvgIpc) is 2.78. The standard InChI is InChI=1S/C21H25ClN2O7S/c1-23(32(27,28)19-7-5-16(22)6-8-19)13-20(25)24(14-21(26)31-4)12-15-9-17(29-2)11-18(10-15)30-3/h5-11H,12-14H2,1-4H3. The second-order valence-electron chi connectivity index (χ2n) is 6.76. The first kappa shape index (κ1) is 25.4. The summed E-state index contributed by atoms with van der Waals surface area (Å²) >= 11 is 5.82. The highest BCUT2D eigenvalue weighted by Crippen LogP contribution is 2.24. The summed E-state index contributed by atoms with van der Waals surface area (Å²) in [6.45, 7) is -0.830. The molecule has 2 aromatic carbocycles. The van der Waals surface area contributed by atoms with E-state index < -0.39 is 28.4 Å². The van der Waals surface area contributed by atoms with Crippen LogP contribution in [0.5, 0.6) is 11.5 Å². The van der Waals surface area contributed by atoms with E-state index in [-0.39, 0.29) is 18.0 Å². The quantitative estimate of drug-likeness (QED) is 0.476. The fourth-order valence-electron chi connectivity index (χ4n) is 2.79. The van der Waals surface area contributed by atoms with Crippen molar-refractivity contribution in [1.29, 1.82) is 0 Å². The predicted octanol–water partition coefficient (Wildman–Crippen LogP) is 2.18. The highest BCUT2D eigenvalue weighted by Gasteiger charge is 2.26. The number of nitrogens with zero attached hydrogens (tertiary/aromatic N) is 2. The maximum absolute atomic E-state index is 13.0. The number of amides is 1. The van der Waals surface area contributed by atoms with Gasteiger partial charge in [0, 0.05) is 24.7 Å². The Balaban J connectivity index is 2.25. The van der Waals surface area contributed by atoms with Crippen LogP contribution in [0.1, 0.15) is 5.56 Å². The number of esters is 1. The van der Waals surface area contributed by atoms with Crippen molar-refractivity contribution < 1.29 is 32.2 Å². The zero-order chi connectivity index (χ0) is 23.9. The molecule has 0 atom stereocenters. The normalized spacial score (nSPS) is 11.2. The number of rotatable bonds is 10. The van der Waals surface area contributed by atoms with E-state index in [1.807, 2.05) is 0 Å². The summed E-state index contributed by atoms with van der Waals surface area (Å²) in [6, 6.07) is 10.7. The molecule has 0 aliphatic carbocycles. The molecule has 2 rings (SSSR count). The molecule has 2 aromatic rings. The van der Waals surface area contributed by atoms with Crippen molar-refractivity contribution in [1.82, 2.24) is 9.21 Å². The van der Waals surface area contributed by atoms with Crippen LogP contribution in [0.2, 0.25) is 5.02 Å². The molecular weight excluding hydrogens is 460 g/mol. The van der Waals surface area contributed by atoms with Crippen molar-refractivity contribution in [3.63, 3.8) is 0 Å². The second kappa shape index (κ2) is 11.2. The maximum Gasteiger partial charge on any atom is 0.325 e. The molecular formula is C21H25ClN2O7S. The third kappa shape index (κ3) is 6.59. The van der Waals surface area contributed by atoms with Crippen LogP contribution in [0, 0.1) is 0 Å². The number of carbonyl (C=O) groups excluding carboxylic acids is 2. The Kier molecular flexibility index (Phi) is 8.88. The summed E-state index contributed by atoms with van der Waals surface area (Å²) in [7, 11) is 1.53. The van der Waals surface area contributed by atoms with Crippen molar-refractivity contribution >= 4 is 33.5 Å². The smallest absolute Gasteiger partial charge is 0.325 e. The molecule has 11 heteroatoms. The van der Waals surface area contributed by atoms with Gasteiger partial charge in [-0.2, -0.15) is 4.31 Å². The second-order valence-corrected chi connectivity index (χ2v) is 9.24. The van der Waals surface area contributed by atoms with Gasteiger partial charge in [-0.05, 0) is 42.0 Å². The molecule has 0 bridgehead atoms. The summed E-state index contributed by atoms with van der Waals surface area (Å²) in [4.78, 5) is 26.1. The van der Waals surface area contributed by atoms with Crippen molar-refractivity contribution in [3.8, 4) is 11.5 Å². The van der Waals surface area contributed by atoms with Gasteiger partial charge in [-0.1, -0.05) is 11.6 Å². The number of ether oxygens (including phenoxy) is 3. The molecule has 174 valence electrons. The molecule has 0 saturated carbocycles. The fourth-order valence-corrected chi connectivity index (χ4v) is 4.04. The summed E-state index contributed by atoms with van der Waals surface area (Å²) < 4.78 is 41.7. The van der Waals surface area contributed by atoms with Gasteiger partial charge < -0.3 is 19.1 Å². The molecule has 0 heterocycles.